The zero-order valence-corrected chi connectivity index (χ0v) is 14.4. The van der Waals surface area contributed by atoms with Gasteiger partial charge < -0.3 is 4.74 Å². The highest BCUT2D eigenvalue weighted by Gasteiger charge is 2.36. The number of nitrogens with one attached hydrogen (secondary N) is 1. The molecule has 23 heavy (non-hydrogen) atoms. The summed E-state index contributed by atoms with van der Waals surface area (Å²) in [4.78, 5) is -0.210. The molecule has 0 aromatic heterocycles. The molecule has 1 aromatic rings. The Morgan fingerprint density at radius 3 is 2.57 bits per heavy atom. The average molecular weight is 366 g/mol. The molecule has 2 rings (SSSR count). The number of hydrogen-bond acceptors (Lipinski definition) is 5. The molecule has 1 N–H and O–H groups in total. The van der Waals surface area contributed by atoms with E-state index in [0.29, 0.717) is 0 Å². The first-order valence-corrected chi connectivity index (χ1v) is 9.97. The lowest BCUT2D eigenvalue weighted by molar-refractivity contribution is 0.185. The van der Waals surface area contributed by atoms with Gasteiger partial charge in [0.15, 0.2) is 0 Å². The molecule has 0 unspecified atom stereocenters. The highest BCUT2D eigenvalue weighted by molar-refractivity contribution is 7.89. The number of ether oxygens (including phenoxy) is 1. The Morgan fingerprint density at radius 1 is 1.26 bits per heavy atom. The van der Waals surface area contributed by atoms with Gasteiger partial charge >= 0.3 is 0 Å². The maximum Gasteiger partial charge on any atom is 0.241 e. The van der Waals surface area contributed by atoms with Gasteiger partial charge in [-0.15, -0.1) is 0 Å². The minimum Gasteiger partial charge on any atom is -0.379 e. The van der Waals surface area contributed by atoms with Gasteiger partial charge in [-0.1, -0.05) is 6.07 Å². The Hall–Kier alpha value is -1.07. The van der Waals surface area contributed by atoms with Crippen LogP contribution in [0.4, 0.5) is 4.39 Å². The van der Waals surface area contributed by atoms with Crippen LogP contribution in [0.1, 0.15) is 0 Å². The second-order valence-electron chi connectivity index (χ2n) is 5.54. The number of sulfonamides is 2. The molecule has 0 radical (unpaired) electrons. The van der Waals surface area contributed by atoms with Crippen LogP contribution in [0.25, 0.3) is 0 Å². The topological polar surface area (TPSA) is 92.8 Å². The minimum atomic E-state index is -3.95. The fraction of sp³-hybridized carbons (Fsp3) is 0.538. The molecule has 0 spiro atoms. The Kier molecular flexibility index (Phi) is 5.41. The molecule has 2 atom stereocenters. The van der Waals surface area contributed by atoms with Crippen LogP contribution in [0.2, 0.25) is 0 Å². The van der Waals surface area contributed by atoms with Crippen LogP contribution in [-0.4, -0.2) is 60.2 Å². The van der Waals surface area contributed by atoms with Gasteiger partial charge in [0.25, 0.3) is 0 Å². The first-order valence-electron chi connectivity index (χ1n) is 6.88. The number of rotatable bonds is 6. The molecular weight excluding hydrogens is 347 g/mol. The van der Waals surface area contributed by atoms with E-state index in [0.717, 1.165) is 16.4 Å². The SMILES string of the molecule is CN(C)S(=O)(=O)C[C@@H]1COC[C@@H]1NS(=O)(=O)c1cccc(F)c1. The zero-order valence-electron chi connectivity index (χ0n) is 12.8. The third-order valence-electron chi connectivity index (χ3n) is 3.59. The van der Waals surface area contributed by atoms with Crippen molar-refractivity contribution >= 4 is 20.0 Å². The molecule has 1 heterocycles. The summed E-state index contributed by atoms with van der Waals surface area (Å²) in [5.74, 6) is -1.40. The Morgan fingerprint density at radius 2 is 1.96 bits per heavy atom. The van der Waals surface area contributed by atoms with Gasteiger partial charge in [0, 0.05) is 20.0 Å². The first-order chi connectivity index (χ1) is 10.6. The number of benzene rings is 1. The van der Waals surface area contributed by atoms with E-state index in [1.165, 1.54) is 26.2 Å². The summed E-state index contributed by atoms with van der Waals surface area (Å²) < 4.78 is 70.4. The molecule has 0 saturated carbocycles. The van der Waals surface area contributed by atoms with Crippen LogP contribution in [0, 0.1) is 11.7 Å². The van der Waals surface area contributed by atoms with Crippen molar-refractivity contribution in [3.63, 3.8) is 0 Å². The molecule has 0 aliphatic carbocycles. The normalized spacial score (nSPS) is 22.6. The number of nitrogens with zero attached hydrogens (tertiary/aromatic N) is 1. The second kappa shape index (κ2) is 6.81. The largest absolute Gasteiger partial charge is 0.379 e. The predicted molar refractivity (Wildman–Crippen MR) is 82.3 cm³/mol. The molecule has 7 nitrogen and oxygen atoms in total. The molecule has 1 aliphatic rings. The quantitative estimate of drug-likeness (QED) is 0.766. The molecule has 130 valence electrons. The van der Waals surface area contributed by atoms with Crippen molar-refractivity contribution < 1.29 is 26.0 Å². The highest BCUT2D eigenvalue weighted by atomic mass is 32.2. The Balaban J connectivity index is 2.15. The summed E-state index contributed by atoms with van der Waals surface area (Å²) in [7, 11) is -4.61. The molecule has 1 aliphatic heterocycles. The van der Waals surface area contributed by atoms with Crippen LogP contribution in [0.5, 0.6) is 0 Å². The van der Waals surface area contributed by atoms with Gasteiger partial charge in [0.2, 0.25) is 20.0 Å². The lowest BCUT2D eigenvalue weighted by atomic mass is 10.1. The summed E-state index contributed by atoms with van der Waals surface area (Å²) in [6, 6.07) is 3.93. The van der Waals surface area contributed by atoms with Gasteiger partial charge in [-0.3, -0.25) is 0 Å². The van der Waals surface area contributed by atoms with E-state index in [-0.39, 0.29) is 23.9 Å². The fourth-order valence-electron chi connectivity index (χ4n) is 2.21. The molecule has 1 fully saturated rings. The van der Waals surface area contributed by atoms with Gasteiger partial charge in [-0.25, -0.2) is 30.3 Å². The van der Waals surface area contributed by atoms with Crippen LogP contribution in [0.3, 0.4) is 0 Å². The summed E-state index contributed by atoms with van der Waals surface area (Å²) in [6.07, 6.45) is 0. The summed E-state index contributed by atoms with van der Waals surface area (Å²) in [5.41, 5.74) is 0. The zero-order chi connectivity index (χ0) is 17.3. The van der Waals surface area contributed by atoms with Crippen LogP contribution in [-0.2, 0) is 24.8 Å². The molecule has 10 heteroatoms. The van der Waals surface area contributed by atoms with Crippen molar-refractivity contribution in [3.05, 3.63) is 30.1 Å². The van der Waals surface area contributed by atoms with Crippen molar-refractivity contribution in [2.75, 3.05) is 33.1 Å². The molecular formula is C13H19FN2O5S2. The van der Waals surface area contributed by atoms with E-state index >= 15 is 0 Å². The first kappa shape index (κ1) is 18.3. The van der Waals surface area contributed by atoms with Gasteiger partial charge in [-0.05, 0) is 18.2 Å². The van der Waals surface area contributed by atoms with Crippen molar-refractivity contribution in [2.45, 2.75) is 10.9 Å². The van der Waals surface area contributed by atoms with Crippen LogP contribution in [0.15, 0.2) is 29.2 Å². The molecule has 0 bridgehead atoms. The van der Waals surface area contributed by atoms with E-state index in [9.17, 15) is 21.2 Å². The van der Waals surface area contributed by atoms with Gasteiger partial charge in [-0.2, -0.15) is 0 Å². The number of hydrogen-bond donors (Lipinski definition) is 1. The monoisotopic (exact) mass is 366 g/mol. The summed E-state index contributed by atoms with van der Waals surface area (Å²) in [6.45, 7) is 0.214. The highest BCUT2D eigenvalue weighted by Crippen LogP contribution is 2.20. The number of halogens is 1. The third-order valence-corrected chi connectivity index (χ3v) is 7.04. The van der Waals surface area contributed by atoms with E-state index in [1.807, 2.05) is 0 Å². The van der Waals surface area contributed by atoms with Gasteiger partial charge in [0.05, 0.1) is 29.9 Å². The predicted octanol–water partition coefficient (Wildman–Crippen LogP) is 0.0104. The molecule has 0 amide bonds. The lowest BCUT2D eigenvalue weighted by Gasteiger charge is -2.21. The molecule has 1 saturated heterocycles. The van der Waals surface area contributed by atoms with E-state index in [2.05, 4.69) is 4.72 Å². The maximum absolute atomic E-state index is 13.2. The second-order valence-corrected chi connectivity index (χ2v) is 9.49. The Bertz CT molecular complexity index is 764. The Labute approximate surface area is 135 Å². The van der Waals surface area contributed by atoms with Crippen LogP contribution >= 0.6 is 0 Å². The summed E-state index contributed by atoms with van der Waals surface area (Å²) in [5, 5.41) is 0. The van der Waals surface area contributed by atoms with Crippen molar-refractivity contribution in [2.24, 2.45) is 5.92 Å². The van der Waals surface area contributed by atoms with E-state index in [1.54, 1.807) is 0 Å². The van der Waals surface area contributed by atoms with E-state index < -0.39 is 37.8 Å². The fourth-order valence-corrected chi connectivity index (χ4v) is 4.70. The minimum absolute atomic E-state index is 0.0716. The standard InChI is InChI=1S/C13H19FN2O5S2/c1-16(2)22(17,18)9-10-7-21-8-13(10)15-23(19,20)12-5-3-4-11(14)6-12/h3-6,10,13,15H,7-9H2,1-2H3/t10-,13-/m0/s1. The van der Waals surface area contributed by atoms with Gasteiger partial charge in [0.1, 0.15) is 5.82 Å². The van der Waals surface area contributed by atoms with Crippen molar-refractivity contribution in [3.8, 4) is 0 Å². The van der Waals surface area contributed by atoms with Crippen molar-refractivity contribution in [1.82, 2.24) is 9.03 Å². The smallest absolute Gasteiger partial charge is 0.241 e. The molecule has 1 aromatic carbocycles. The summed E-state index contributed by atoms with van der Waals surface area (Å²) >= 11 is 0. The lowest BCUT2D eigenvalue weighted by Crippen LogP contribution is -2.43. The maximum atomic E-state index is 13.2. The van der Waals surface area contributed by atoms with Crippen molar-refractivity contribution in [1.29, 1.82) is 0 Å². The van der Waals surface area contributed by atoms with Crippen LogP contribution < -0.4 is 4.72 Å². The third kappa shape index (κ3) is 4.48. The van der Waals surface area contributed by atoms with E-state index in [4.69, 9.17) is 4.74 Å². The average Bonchev–Trinajstić information content (AvgIpc) is 2.84.